The molecule has 2 aromatic heterocycles. The minimum Gasteiger partial charge on any atom is -0.454 e. The Morgan fingerprint density at radius 1 is 1.34 bits per heavy atom. The van der Waals surface area contributed by atoms with Gasteiger partial charge in [0, 0.05) is 40.5 Å². The molecule has 0 saturated carbocycles. The number of aromatic nitrogens is 2. The quantitative estimate of drug-likeness (QED) is 0.496. The fraction of sp³-hybridized carbons (Fsp3) is 0.333. The van der Waals surface area contributed by atoms with Gasteiger partial charge < -0.3 is 9.72 Å². The number of para-hydroxylation sites is 1. The number of Topliss-reactive ketones (excluding diaryl/α,β-unsaturated/α-hetero) is 1. The number of nitrogens with zero attached hydrogens (tertiary/aromatic N) is 2. The zero-order valence-electron chi connectivity index (χ0n) is 16.2. The number of nitrogens with one attached hydrogen (secondary N) is 1. The van der Waals surface area contributed by atoms with E-state index in [0.29, 0.717) is 29.4 Å². The predicted molar refractivity (Wildman–Crippen MR) is 110 cm³/mol. The zero-order chi connectivity index (χ0) is 20.5. The van der Waals surface area contributed by atoms with Crippen molar-refractivity contribution in [3.05, 3.63) is 46.6 Å². The van der Waals surface area contributed by atoms with E-state index in [-0.39, 0.29) is 18.1 Å². The van der Waals surface area contributed by atoms with Crippen molar-refractivity contribution >= 4 is 45.0 Å². The number of benzene rings is 1. The van der Waals surface area contributed by atoms with Crippen LogP contribution in [0.25, 0.3) is 10.9 Å². The fourth-order valence-corrected chi connectivity index (χ4v) is 4.46. The van der Waals surface area contributed by atoms with Crippen LogP contribution in [-0.2, 0) is 20.7 Å². The van der Waals surface area contributed by atoms with Gasteiger partial charge in [-0.2, -0.15) is 0 Å². The Labute approximate surface area is 171 Å². The molecular weight excluding hydrogens is 390 g/mol. The SMILES string of the molecule is Cc1[nH]c2ccccc2c1C(=O)[C@H](C)OC(=O)Cc1csc(N2CCCC2=O)n1. The number of hydrogen-bond acceptors (Lipinski definition) is 6. The number of fused-ring (bicyclic) bond motifs is 1. The summed E-state index contributed by atoms with van der Waals surface area (Å²) in [6, 6.07) is 7.54. The standard InChI is InChI=1S/C21H21N3O4S/c1-12-19(15-6-3-4-7-16(15)22-12)20(27)13(2)28-18(26)10-14-11-29-21(23-14)24-9-5-8-17(24)25/h3-4,6-7,11,13,22H,5,8-10H2,1-2H3/t13-/m0/s1. The number of esters is 1. The molecule has 29 heavy (non-hydrogen) atoms. The maximum atomic E-state index is 12.9. The van der Waals surface area contributed by atoms with Gasteiger partial charge in [0.05, 0.1) is 12.1 Å². The fourth-order valence-electron chi connectivity index (χ4n) is 3.59. The molecule has 0 aliphatic carbocycles. The maximum Gasteiger partial charge on any atom is 0.312 e. The lowest BCUT2D eigenvalue weighted by Crippen LogP contribution is -2.26. The van der Waals surface area contributed by atoms with Crippen LogP contribution in [-0.4, -0.2) is 40.3 Å². The highest BCUT2D eigenvalue weighted by Crippen LogP contribution is 2.26. The largest absolute Gasteiger partial charge is 0.454 e. The van der Waals surface area contributed by atoms with Gasteiger partial charge in [0.2, 0.25) is 11.7 Å². The molecule has 1 aromatic carbocycles. The highest BCUT2D eigenvalue weighted by molar-refractivity contribution is 7.14. The van der Waals surface area contributed by atoms with Gasteiger partial charge >= 0.3 is 5.97 Å². The van der Waals surface area contributed by atoms with Gasteiger partial charge in [0.25, 0.3) is 0 Å². The lowest BCUT2D eigenvalue weighted by molar-refractivity contribution is -0.145. The van der Waals surface area contributed by atoms with Crippen LogP contribution in [0.3, 0.4) is 0 Å². The van der Waals surface area contributed by atoms with Crippen LogP contribution >= 0.6 is 11.3 Å². The van der Waals surface area contributed by atoms with E-state index in [1.54, 1.807) is 17.2 Å². The number of aromatic amines is 1. The number of thiazole rings is 1. The minimum absolute atomic E-state index is 0.0387. The highest BCUT2D eigenvalue weighted by atomic mass is 32.1. The molecule has 8 heteroatoms. The van der Waals surface area contributed by atoms with Crippen LogP contribution in [0.15, 0.2) is 29.6 Å². The lowest BCUT2D eigenvalue weighted by atomic mass is 10.0. The normalized spacial score (nSPS) is 15.1. The Hall–Kier alpha value is -3.00. The Morgan fingerprint density at radius 3 is 2.90 bits per heavy atom. The number of anilines is 1. The van der Waals surface area contributed by atoms with Gasteiger partial charge in [-0.1, -0.05) is 18.2 Å². The molecular formula is C21H21N3O4S. The van der Waals surface area contributed by atoms with Gasteiger partial charge in [-0.05, 0) is 26.3 Å². The molecule has 3 heterocycles. The van der Waals surface area contributed by atoms with Crippen molar-refractivity contribution in [3.63, 3.8) is 0 Å². The topological polar surface area (TPSA) is 92.4 Å². The molecule has 0 spiro atoms. The van der Waals surface area contributed by atoms with Gasteiger partial charge in [0.15, 0.2) is 11.2 Å². The van der Waals surface area contributed by atoms with Crippen LogP contribution < -0.4 is 4.90 Å². The molecule has 1 aliphatic heterocycles. The number of H-pyrrole nitrogens is 1. The van der Waals surface area contributed by atoms with Gasteiger partial charge in [-0.25, -0.2) is 4.98 Å². The number of hydrogen-bond donors (Lipinski definition) is 1. The molecule has 0 unspecified atom stereocenters. The molecule has 1 saturated heterocycles. The summed E-state index contributed by atoms with van der Waals surface area (Å²) in [4.78, 5) is 46.3. The van der Waals surface area contributed by atoms with Gasteiger partial charge in [-0.3, -0.25) is 19.3 Å². The number of carbonyl (C=O) groups excluding carboxylic acids is 3. The first-order valence-electron chi connectivity index (χ1n) is 9.50. The first-order chi connectivity index (χ1) is 13.9. The van der Waals surface area contributed by atoms with Crippen LogP contribution in [0, 0.1) is 6.92 Å². The molecule has 1 amide bonds. The third-order valence-corrected chi connectivity index (χ3v) is 5.90. The molecule has 0 radical (unpaired) electrons. The zero-order valence-corrected chi connectivity index (χ0v) is 17.0. The Kier molecular flexibility index (Phi) is 5.19. The average Bonchev–Trinajstić information content (AvgIpc) is 3.38. The Balaban J connectivity index is 1.42. The number of ketones is 1. The highest BCUT2D eigenvalue weighted by Gasteiger charge is 2.26. The van der Waals surface area contributed by atoms with Crippen molar-refractivity contribution in [2.24, 2.45) is 0 Å². The van der Waals surface area contributed by atoms with E-state index in [9.17, 15) is 14.4 Å². The molecule has 1 N–H and O–H groups in total. The number of carbonyl (C=O) groups is 3. The number of amides is 1. The summed E-state index contributed by atoms with van der Waals surface area (Å²) in [6.07, 6.45) is 0.411. The van der Waals surface area contributed by atoms with E-state index in [1.165, 1.54) is 11.3 Å². The minimum atomic E-state index is -0.904. The van der Waals surface area contributed by atoms with Crippen molar-refractivity contribution in [2.45, 2.75) is 39.2 Å². The molecule has 7 nitrogen and oxygen atoms in total. The Morgan fingerprint density at radius 2 is 2.14 bits per heavy atom. The molecule has 0 bridgehead atoms. The summed E-state index contributed by atoms with van der Waals surface area (Å²) in [5, 5.41) is 3.17. The van der Waals surface area contributed by atoms with Crippen LogP contribution in [0.2, 0.25) is 0 Å². The monoisotopic (exact) mass is 411 g/mol. The molecule has 1 atom stereocenters. The summed E-state index contributed by atoms with van der Waals surface area (Å²) < 4.78 is 5.38. The summed E-state index contributed by atoms with van der Waals surface area (Å²) in [5.41, 5.74) is 2.71. The van der Waals surface area contributed by atoms with Crippen LogP contribution in [0.4, 0.5) is 5.13 Å². The summed E-state index contributed by atoms with van der Waals surface area (Å²) in [7, 11) is 0. The average molecular weight is 411 g/mol. The van der Waals surface area contributed by atoms with Crippen molar-refractivity contribution in [2.75, 3.05) is 11.4 Å². The first-order valence-corrected chi connectivity index (χ1v) is 10.4. The van der Waals surface area contributed by atoms with Crippen LogP contribution in [0.5, 0.6) is 0 Å². The second-order valence-electron chi connectivity index (χ2n) is 7.11. The van der Waals surface area contributed by atoms with Crippen LogP contribution in [0.1, 0.15) is 41.5 Å². The lowest BCUT2D eigenvalue weighted by Gasteiger charge is -2.12. The van der Waals surface area contributed by atoms with Crippen molar-refractivity contribution in [1.82, 2.24) is 9.97 Å². The van der Waals surface area contributed by atoms with E-state index in [2.05, 4.69) is 9.97 Å². The summed E-state index contributed by atoms with van der Waals surface area (Å²) in [5.74, 6) is -0.704. The van der Waals surface area contributed by atoms with Gasteiger partial charge in [0.1, 0.15) is 0 Å². The van der Waals surface area contributed by atoms with E-state index >= 15 is 0 Å². The smallest absolute Gasteiger partial charge is 0.312 e. The number of ether oxygens (including phenoxy) is 1. The predicted octanol–water partition coefficient (Wildman–Crippen LogP) is 3.42. The molecule has 1 aliphatic rings. The molecule has 150 valence electrons. The number of rotatable bonds is 6. The van der Waals surface area contributed by atoms with E-state index in [1.807, 2.05) is 31.2 Å². The third kappa shape index (κ3) is 3.80. The molecule has 3 aromatic rings. The van der Waals surface area contributed by atoms with E-state index in [0.717, 1.165) is 23.0 Å². The third-order valence-electron chi connectivity index (χ3n) is 4.99. The Bertz CT molecular complexity index is 1100. The number of aryl methyl sites for hydroxylation is 1. The van der Waals surface area contributed by atoms with Crippen molar-refractivity contribution < 1.29 is 19.1 Å². The second kappa shape index (κ2) is 7.79. The first kappa shape index (κ1) is 19.3. The molecule has 4 rings (SSSR count). The molecule has 1 fully saturated rings. The van der Waals surface area contributed by atoms with Crippen molar-refractivity contribution in [3.8, 4) is 0 Å². The summed E-state index contributed by atoms with van der Waals surface area (Å²) in [6.45, 7) is 4.07. The summed E-state index contributed by atoms with van der Waals surface area (Å²) >= 11 is 1.33. The maximum absolute atomic E-state index is 12.9. The second-order valence-corrected chi connectivity index (χ2v) is 7.95. The van der Waals surface area contributed by atoms with Gasteiger partial charge in [-0.15, -0.1) is 11.3 Å². The van der Waals surface area contributed by atoms with E-state index < -0.39 is 12.1 Å². The van der Waals surface area contributed by atoms with Crippen molar-refractivity contribution in [1.29, 1.82) is 0 Å². The van der Waals surface area contributed by atoms with E-state index in [4.69, 9.17) is 4.74 Å².